The molecule has 0 spiro atoms. The van der Waals surface area contributed by atoms with Crippen molar-refractivity contribution < 1.29 is 19.5 Å². The Morgan fingerprint density at radius 1 is 1.41 bits per heavy atom. The van der Waals surface area contributed by atoms with Crippen LogP contribution in [0, 0.1) is 0 Å². The Bertz CT molecular complexity index is 459. The first kappa shape index (κ1) is 12.6. The number of primary amides is 1. The first-order chi connectivity index (χ1) is 8.00. The van der Waals surface area contributed by atoms with Crippen LogP contribution < -0.4 is 11.1 Å². The fourth-order valence-electron chi connectivity index (χ4n) is 1.09. The van der Waals surface area contributed by atoms with E-state index in [0.29, 0.717) is 0 Å². The molecule has 0 aromatic carbocycles. The number of carboxylic acid groups (broad SMARTS) is 1. The van der Waals surface area contributed by atoms with E-state index in [1.165, 1.54) is 12.3 Å². The third kappa shape index (κ3) is 3.90. The number of nitrogens with zero attached hydrogens (tertiary/aromatic N) is 1. The molecule has 1 rings (SSSR count). The average Bonchev–Trinajstić information content (AvgIpc) is 2.28. The van der Waals surface area contributed by atoms with E-state index < -0.39 is 17.8 Å². The predicted molar refractivity (Wildman–Crippen MR) is 57.3 cm³/mol. The van der Waals surface area contributed by atoms with Crippen LogP contribution in [0.2, 0.25) is 0 Å². The SMILES string of the molecule is NC(=O)CCNC(=O)c1ccnc(C(=O)O)c1. The van der Waals surface area contributed by atoms with Gasteiger partial charge in [-0.3, -0.25) is 9.59 Å². The number of amides is 2. The van der Waals surface area contributed by atoms with Crippen LogP contribution in [-0.2, 0) is 4.79 Å². The van der Waals surface area contributed by atoms with E-state index in [0.717, 1.165) is 6.07 Å². The number of aromatic carboxylic acids is 1. The highest BCUT2D eigenvalue weighted by Gasteiger charge is 2.10. The molecular formula is C10H11N3O4. The van der Waals surface area contributed by atoms with E-state index in [-0.39, 0.29) is 24.2 Å². The van der Waals surface area contributed by atoms with Crippen LogP contribution in [0.3, 0.4) is 0 Å². The minimum atomic E-state index is -1.21. The van der Waals surface area contributed by atoms with Crippen molar-refractivity contribution in [2.75, 3.05) is 6.54 Å². The van der Waals surface area contributed by atoms with Crippen LogP contribution in [0.4, 0.5) is 0 Å². The van der Waals surface area contributed by atoms with Crippen molar-refractivity contribution in [1.29, 1.82) is 0 Å². The van der Waals surface area contributed by atoms with Gasteiger partial charge < -0.3 is 16.2 Å². The van der Waals surface area contributed by atoms with Crippen molar-refractivity contribution in [1.82, 2.24) is 10.3 Å². The molecule has 0 aliphatic rings. The van der Waals surface area contributed by atoms with Gasteiger partial charge in [0.05, 0.1) is 0 Å². The maximum Gasteiger partial charge on any atom is 0.354 e. The Morgan fingerprint density at radius 3 is 2.71 bits per heavy atom. The van der Waals surface area contributed by atoms with Crippen LogP contribution in [0.5, 0.6) is 0 Å². The number of pyridine rings is 1. The molecule has 1 aromatic heterocycles. The van der Waals surface area contributed by atoms with Gasteiger partial charge in [-0.05, 0) is 12.1 Å². The number of rotatable bonds is 5. The van der Waals surface area contributed by atoms with Crippen LogP contribution in [0.15, 0.2) is 18.3 Å². The zero-order valence-corrected chi connectivity index (χ0v) is 8.84. The van der Waals surface area contributed by atoms with E-state index in [4.69, 9.17) is 10.8 Å². The van der Waals surface area contributed by atoms with E-state index in [1.54, 1.807) is 0 Å². The average molecular weight is 237 g/mol. The van der Waals surface area contributed by atoms with Gasteiger partial charge in [0, 0.05) is 24.7 Å². The number of nitrogens with two attached hydrogens (primary N) is 1. The van der Waals surface area contributed by atoms with Crippen molar-refractivity contribution in [3.63, 3.8) is 0 Å². The Morgan fingerprint density at radius 2 is 2.12 bits per heavy atom. The molecule has 0 radical (unpaired) electrons. The van der Waals surface area contributed by atoms with Gasteiger partial charge in [0.1, 0.15) is 5.69 Å². The monoisotopic (exact) mass is 237 g/mol. The van der Waals surface area contributed by atoms with Gasteiger partial charge in [-0.15, -0.1) is 0 Å². The number of hydrogen-bond donors (Lipinski definition) is 3. The number of aromatic nitrogens is 1. The fraction of sp³-hybridized carbons (Fsp3) is 0.200. The van der Waals surface area contributed by atoms with Gasteiger partial charge >= 0.3 is 5.97 Å². The molecule has 0 unspecified atom stereocenters. The largest absolute Gasteiger partial charge is 0.477 e. The molecule has 90 valence electrons. The first-order valence-electron chi connectivity index (χ1n) is 4.76. The van der Waals surface area contributed by atoms with Gasteiger partial charge in [0.15, 0.2) is 0 Å². The third-order valence-corrected chi connectivity index (χ3v) is 1.90. The minimum absolute atomic E-state index is 0.0304. The molecule has 1 aromatic rings. The Labute approximate surface area is 96.6 Å². The summed E-state index contributed by atoms with van der Waals surface area (Å²) in [7, 11) is 0. The summed E-state index contributed by atoms with van der Waals surface area (Å²) in [5.74, 6) is -2.21. The van der Waals surface area contributed by atoms with E-state index >= 15 is 0 Å². The Hall–Kier alpha value is -2.44. The van der Waals surface area contributed by atoms with E-state index in [1.807, 2.05) is 0 Å². The molecular weight excluding hydrogens is 226 g/mol. The highest BCUT2D eigenvalue weighted by molar-refractivity contribution is 5.96. The summed E-state index contributed by atoms with van der Waals surface area (Å²) in [6.07, 6.45) is 1.26. The van der Waals surface area contributed by atoms with Crippen molar-refractivity contribution in [2.24, 2.45) is 5.73 Å². The lowest BCUT2D eigenvalue weighted by atomic mass is 10.2. The summed E-state index contributed by atoms with van der Waals surface area (Å²) >= 11 is 0. The van der Waals surface area contributed by atoms with Crippen molar-refractivity contribution in [2.45, 2.75) is 6.42 Å². The molecule has 17 heavy (non-hydrogen) atoms. The van der Waals surface area contributed by atoms with Gasteiger partial charge in [0.2, 0.25) is 5.91 Å². The lowest BCUT2D eigenvalue weighted by Gasteiger charge is -2.03. The Balaban J connectivity index is 2.65. The lowest BCUT2D eigenvalue weighted by molar-refractivity contribution is -0.117. The summed E-state index contributed by atoms with van der Waals surface area (Å²) in [6.45, 7) is 0.110. The maximum absolute atomic E-state index is 11.5. The predicted octanol–water partition coefficient (Wildman–Crippen LogP) is -0.615. The first-order valence-corrected chi connectivity index (χ1v) is 4.76. The van der Waals surface area contributed by atoms with Crippen LogP contribution >= 0.6 is 0 Å². The second kappa shape index (κ2) is 5.59. The molecule has 0 saturated carbocycles. The normalized spacial score (nSPS) is 9.65. The zero-order chi connectivity index (χ0) is 12.8. The second-order valence-electron chi connectivity index (χ2n) is 3.21. The van der Waals surface area contributed by atoms with E-state index in [9.17, 15) is 14.4 Å². The van der Waals surface area contributed by atoms with Crippen LogP contribution in [0.25, 0.3) is 0 Å². The molecule has 4 N–H and O–H groups in total. The van der Waals surface area contributed by atoms with E-state index in [2.05, 4.69) is 10.3 Å². The molecule has 0 saturated heterocycles. The third-order valence-electron chi connectivity index (χ3n) is 1.90. The molecule has 0 bridgehead atoms. The number of carbonyl (C=O) groups excluding carboxylic acids is 2. The maximum atomic E-state index is 11.5. The molecule has 7 heteroatoms. The number of carboxylic acids is 1. The molecule has 1 heterocycles. The van der Waals surface area contributed by atoms with Gasteiger partial charge in [0.25, 0.3) is 5.91 Å². The minimum Gasteiger partial charge on any atom is -0.477 e. The lowest BCUT2D eigenvalue weighted by Crippen LogP contribution is -2.28. The topological polar surface area (TPSA) is 122 Å². The smallest absolute Gasteiger partial charge is 0.354 e. The summed E-state index contributed by atoms with van der Waals surface area (Å²) < 4.78 is 0. The molecule has 0 fully saturated rings. The summed E-state index contributed by atoms with van der Waals surface area (Å²) in [6, 6.07) is 2.54. The number of hydrogen-bond acceptors (Lipinski definition) is 4. The molecule has 7 nitrogen and oxygen atoms in total. The summed E-state index contributed by atoms with van der Waals surface area (Å²) in [4.78, 5) is 36.2. The molecule has 0 atom stereocenters. The van der Waals surface area contributed by atoms with Crippen LogP contribution in [0.1, 0.15) is 27.3 Å². The van der Waals surface area contributed by atoms with Crippen molar-refractivity contribution in [3.05, 3.63) is 29.6 Å². The Kier molecular flexibility index (Phi) is 4.15. The van der Waals surface area contributed by atoms with Crippen LogP contribution in [-0.4, -0.2) is 34.4 Å². The molecule has 2 amide bonds. The quantitative estimate of drug-likeness (QED) is 0.630. The summed E-state index contributed by atoms with van der Waals surface area (Å²) in [5, 5.41) is 11.1. The summed E-state index contributed by atoms with van der Waals surface area (Å²) in [5.41, 5.74) is 4.86. The second-order valence-corrected chi connectivity index (χ2v) is 3.21. The van der Waals surface area contributed by atoms with Gasteiger partial charge in [-0.1, -0.05) is 0 Å². The fourth-order valence-corrected chi connectivity index (χ4v) is 1.09. The molecule has 0 aliphatic heterocycles. The zero-order valence-electron chi connectivity index (χ0n) is 8.84. The highest BCUT2D eigenvalue weighted by atomic mass is 16.4. The van der Waals surface area contributed by atoms with Crippen molar-refractivity contribution in [3.8, 4) is 0 Å². The number of nitrogens with one attached hydrogen (secondary N) is 1. The van der Waals surface area contributed by atoms with Gasteiger partial charge in [-0.25, -0.2) is 9.78 Å². The van der Waals surface area contributed by atoms with Crippen molar-refractivity contribution >= 4 is 17.8 Å². The highest BCUT2D eigenvalue weighted by Crippen LogP contribution is 2.01. The van der Waals surface area contributed by atoms with Gasteiger partial charge in [-0.2, -0.15) is 0 Å². The molecule has 0 aliphatic carbocycles. The number of carbonyl (C=O) groups is 3. The standard InChI is InChI=1S/C10H11N3O4/c11-8(14)2-4-13-9(15)6-1-3-12-7(5-6)10(16)17/h1,3,5H,2,4H2,(H2,11,14)(H,13,15)(H,16,17).